The van der Waals surface area contributed by atoms with Gasteiger partial charge in [0, 0.05) is 5.92 Å². The summed E-state index contributed by atoms with van der Waals surface area (Å²) in [6.07, 6.45) is 0.894. The van der Waals surface area contributed by atoms with Crippen molar-refractivity contribution in [3.05, 3.63) is 69.5 Å². The molecular weight excluding hydrogens is 352 g/mol. The van der Waals surface area contributed by atoms with E-state index in [-0.39, 0.29) is 33.3 Å². The van der Waals surface area contributed by atoms with Crippen LogP contribution in [-0.4, -0.2) is 11.7 Å². The minimum Gasteiger partial charge on any atom is -0.313 e. The van der Waals surface area contributed by atoms with E-state index in [1.807, 2.05) is 0 Å². The lowest BCUT2D eigenvalue weighted by atomic mass is 10.1. The molecule has 6 heteroatoms. The van der Waals surface area contributed by atoms with E-state index in [2.05, 4.69) is 5.16 Å². The van der Waals surface area contributed by atoms with Gasteiger partial charge in [0.1, 0.15) is 5.82 Å². The van der Waals surface area contributed by atoms with Crippen molar-refractivity contribution in [3.63, 3.8) is 0 Å². The third-order valence-corrected chi connectivity index (χ3v) is 4.69. The van der Waals surface area contributed by atoms with Crippen molar-refractivity contribution in [3.8, 4) is 0 Å². The first-order chi connectivity index (χ1) is 11.5. The van der Waals surface area contributed by atoms with Crippen LogP contribution >= 0.6 is 23.2 Å². The van der Waals surface area contributed by atoms with Crippen LogP contribution in [0.3, 0.4) is 0 Å². The summed E-state index contributed by atoms with van der Waals surface area (Å²) in [6, 6.07) is 11.2. The molecule has 0 heterocycles. The standard InChI is InChI=1S/C18H14Cl2FNO2/c1-10(13-9-14(13)11-5-7-12(21)8-6-11)22-24-18(23)17-15(19)3-2-4-16(17)20/h2-8,13-14H,9H2,1H3/b22-10-/t13-,14-/m0/s1. The zero-order chi connectivity index (χ0) is 17.3. The Bertz CT molecular complexity index is 785. The highest BCUT2D eigenvalue weighted by molar-refractivity contribution is 6.39. The second-order valence-electron chi connectivity index (χ2n) is 5.71. The smallest absolute Gasteiger partial charge is 0.313 e. The molecule has 2 aromatic rings. The number of oxime groups is 1. The normalized spacial score (nSPS) is 19.9. The maximum absolute atomic E-state index is 13.0. The van der Waals surface area contributed by atoms with Crippen LogP contribution in [0, 0.1) is 11.7 Å². The monoisotopic (exact) mass is 365 g/mol. The molecule has 124 valence electrons. The number of benzene rings is 2. The molecule has 3 nitrogen and oxygen atoms in total. The van der Waals surface area contributed by atoms with Gasteiger partial charge in [0.2, 0.25) is 0 Å². The number of nitrogens with zero attached hydrogens (tertiary/aromatic N) is 1. The lowest BCUT2D eigenvalue weighted by Crippen LogP contribution is -2.06. The van der Waals surface area contributed by atoms with Gasteiger partial charge in [-0.2, -0.15) is 0 Å². The van der Waals surface area contributed by atoms with E-state index in [1.54, 1.807) is 37.3 Å². The lowest BCUT2D eigenvalue weighted by Gasteiger charge is -2.04. The summed E-state index contributed by atoms with van der Waals surface area (Å²) in [5.41, 5.74) is 1.86. The van der Waals surface area contributed by atoms with Gasteiger partial charge in [0.05, 0.1) is 21.3 Å². The first kappa shape index (κ1) is 16.9. The van der Waals surface area contributed by atoms with Gasteiger partial charge in [0.25, 0.3) is 0 Å². The first-order valence-electron chi connectivity index (χ1n) is 7.42. The second-order valence-corrected chi connectivity index (χ2v) is 6.52. The van der Waals surface area contributed by atoms with Crippen molar-refractivity contribution in [1.82, 2.24) is 0 Å². The van der Waals surface area contributed by atoms with Crippen LogP contribution in [0.2, 0.25) is 10.0 Å². The summed E-state index contributed by atoms with van der Waals surface area (Å²) >= 11 is 11.9. The summed E-state index contributed by atoms with van der Waals surface area (Å²) < 4.78 is 13.0. The molecule has 0 saturated heterocycles. The molecular formula is C18H14Cl2FNO2. The van der Waals surface area contributed by atoms with E-state index in [4.69, 9.17) is 28.0 Å². The summed E-state index contributed by atoms with van der Waals surface area (Å²) in [4.78, 5) is 17.1. The largest absolute Gasteiger partial charge is 0.368 e. The highest BCUT2D eigenvalue weighted by atomic mass is 35.5. The molecule has 0 bridgehead atoms. The highest BCUT2D eigenvalue weighted by Crippen LogP contribution is 2.48. The fraction of sp³-hybridized carbons (Fsp3) is 0.222. The Morgan fingerprint density at radius 3 is 2.42 bits per heavy atom. The number of hydrogen-bond donors (Lipinski definition) is 0. The Balaban J connectivity index is 1.65. The lowest BCUT2D eigenvalue weighted by molar-refractivity contribution is 0.0515. The SMILES string of the molecule is C/C(=N/OC(=O)c1c(Cl)cccc1Cl)[C@@H]1C[C@H]1c1ccc(F)cc1. The van der Waals surface area contributed by atoms with Crippen molar-refractivity contribution < 1.29 is 14.0 Å². The summed E-state index contributed by atoms with van der Waals surface area (Å²) in [5, 5.41) is 4.35. The summed E-state index contributed by atoms with van der Waals surface area (Å²) in [7, 11) is 0. The minimum absolute atomic E-state index is 0.100. The van der Waals surface area contributed by atoms with E-state index in [0.717, 1.165) is 12.0 Å². The van der Waals surface area contributed by atoms with Crippen LogP contribution in [0.25, 0.3) is 0 Å². The zero-order valence-corrected chi connectivity index (χ0v) is 14.3. The van der Waals surface area contributed by atoms with E-state index in [1.165, 1.54) is 12.1 Å². The van der Waals surface area contributed by atoms with Gasteiger partial charge in [0.15, 0.2) is 0 Å². The van der Waals surface area contributed by atoms with Gasteiger partial charge in [-0.25, -0.2) is 9.18 Å². The number of carbonyl (C=O) groups excluding carboxylic acids is 1. The summed E-state index contributed by atoms with van der Waals surface area (Å²) in [6.45, 7) is 1.80. The molecule has 2 atom stereocenters. The predicted molar refractivity (Wildman–Crippen MR) is 92.2 cm³/mol. The fourth-order valence-electron chi connectivity index (χ4n) is 2.65. The molecule has 1 aliphatic carbocycles. The number of carbonyl (C=O) groups is 1. The number of rotatable bonds is 4. The van der Waals surface area contributed by atoms with Crippen molar-refractivity contribution in [1.29, 1.82) is 0 Å². The van der Waals surface area contributed by atoms with Crippen LogP contribution in [-0.2, 0) is 4.84 Å². The molecule has 1 aliphatic rings. The fourth-order valence-corrected chi connectivity index (χ4v) is 3.21. The average Bonchev–Trinajstić information content (AvgIpc) is 3.34. The second kappa shape index (κ2) is 6.91. The van der Waals surface area contributed by atoms with Gasteiger partial charge < -0.3 is 4.84 Å². The molecule has 3 rings (SSSR count). The molecule has 0 aliphatic heterocycles. The number of hydrogen-bond acceptors (Lipinski definition) is 3. The maximum atomic E-state index is 13.0. The molecule has 0 spiro atoms. The third-order valence-electron chi connectivity index (χ3n) is 4.06. The topological polar surface area (TPSA) is 38.7 Å². The molecule has 0 amide bonds. The van der Waals surface area contributed by atoms with Crippen LogP contribution in [0.1, 0.15) is 35.2 Å². The quantitative estimate of drug-likeness (QED) is 0.409. The van der Waals surface area contributed by atoms with Gasteiger partial charge in [-0.05, 0) is 49.1 Å². The molecule has 0 unspecified atom stereocenters. The van der Waals surface area contributed by atoms with Gasteiger partial charge in [-0.1, -0.05) is 46.6 Å². The molecule has 24 heavy (non-hydrogen) atoms. The van der Waals surface area contributed by atoms with E-state index >= 15 is 0 Å². The Morgan fingerprint density at radius 2 is 1.79 bits per heavy atom. The Morgan fingerprint density at radius 1 is 1.17 bits per heavy atom. The maximum Gasteiger partial charge on any atom is 0.368 e. The van der Waals surface area contributed by atoms with Crippen molar-refractivity contribution >= 4 is 34.9 Å². The Hall–Kier alpha value is -1.91. The molecule has 1 saturated carbocycles. The average molecular weight is 366 g/mol. The molecule has 0 N–H and O–H groups in total. The van der Waals surface area contributed by atoms with Crippen LogP contribution in [0.4, 0.5) is 4.39 Å². The Kier molecular flexibility index (Phi) is 4.88. The van der Waals surface area contributed by atoms with Crippen molar-refractivity contribution in [2.24, 2.45) is 11.1 Å². The molecule has 0 radical (unpaired) electrons. The number of halogens is 3. The van der Waals surface area contributed by atoms with E-state index < -0.39 is 5.97 Å². The molecule has 0 aromatic heterocycles. The van der Waals surface area contributed by atoms with Gasteiger partial charge >= 0.3 is 5.97 Å². The third kappa shape index (κ3) is 3.60. The predicted octanol–water partition coefficient (Wildman–Crippen LogP) is 5.47. The van der Waals surface area contributed by atoms with Crippen molar-refractivity contribution in [2.45, 2.75) is 19.3 Å². The summed E-state index contributed by atoms with van der Waals surface area (Å²) in [5.74, 6) is -0.488. The molecule has 1 fully saturated rings. The van der Waals surface area contributed by atoms with Crippen LogP contribution < -0.4 is 0 Å². The van der Waals surface area contributed by atoms with Crippen LogP contribution in [0.15, 0.2) is 47.6 Å². The van der Waals surface area contributed by atoms with Crippen molar-refractivity contribution in [2.75, 3.05) is 0 Å². The zero-order valence-electron chi connectivity index (χ0n) is 12.8. The minimum atomic E-state index is -0.691. The Labute approximate surface area is 149 Å². The molecule has 2 aromatic carbocycles. The van der Waals surface area contributed by atoms with E-state index in [9.17, 15) is 9.18 Å². The highest BCUT2D eigenvalue weighted by Gasteiger charge is 2.40. The van der Waals surface area contributed by atoms with Gasteiger partial charge in [-0.3, -0.25) is 0 Å². The van der Waals surface area contributed by atoms with E-state index in [0.29, 0.717) is 5.71 Å². The van der Waals surface area contributed by atoms with Gasteiger partial charge in [-0.15, -0.1) is 0 Å². The van der Waals surface area contributed by atoms with Crippen LogP contribution in [0.5, 0.6) is 0 Å². The first-order valence-corrected chi connectivity index (χ1v) is 8.18.